The predicted molar refractivity (Wildman–Crippen MR) is 71.2 cm³/mol. The van der Waals surface area contributed by atoms with Gasteiger partial charge in [-0.2, -0.15) is 17.0 Å². The van der Waals surface area contributed by atoms with E-state index in [0.717, 1.165) is 8.61 Å². The molecule has 10 heteroatoms. The van der Waals surface area contributed by atoms with E-state index in [-0.39, 0.29) is 38.9 Å². The van der Waals surface area contributed by atoms with Crippen molar-refractivity contribution >= 4 is 22.1 Å². The molecule has 0 aliphatic carbocycles. The minimum absolute atomic E-state index is 0.0137. The van der Waals surface area contributed by atoms with Gasteiger partial charge in [-0.05, 0) is 12.8 Å². The second-order valence-electron chi connectivity index (χ2n) is 5.40. The standard InChI is InChI=1S/C11H19N3O6S/c12-10(16)9-5-8(15)6-14(9)21(19,20)13-3-1-7(2-4-13)11(17)18/h7-9,15H,1-6H2,(H2,12,16)(H,17,18). The fourth-order valence-corrected chi connectivity index (χ4v) is 4.62. The van der Waals surface area contributed by atoms with E-state index in [1.807, 2.05) is 0 Å². The van der Waals surface area contributed by atoms with E-state index in [1.165, 1.54) is 0 Å². The summed E-state index contributed by atoms with van der Waals surface area (Å²) in [4.78, 5) is 22.2. The van der Waals surface area contributed by atoms with Crippen molar-refractivity contribution in [2.45, 2.75) is 31.4 Å². The highest BCUT2D eigenvalue weighted by Crippen LogP contribution is 2.27. The van der Waals surface area contributed by atoms with E-state index in [2.05, 4.69) is 0 Å². The summed E-state index contributed by atoms with van der Waals surface area (Å²) in [6.07, 6.45) is -0.479. The molecule has 0 bridgehead atoms. The van der Waals surface area contributed by atoms with Gasteiger partial charge in [-0.25, -0.2) is 0 Å². The molecule has 120 valence electrons. The Hall–Kier alpha value is -1.23. The van der Waals surface area contributed by atoms with Gasteiger partial charge < -0.3 is 15.9 Å². The van der Waals surface area contributed by atoms with Crippen LogP contribution in [-0.2, 0) is 19.8 Å². The van der Waals surface area contributed by atoms with E-state index in [1.54, 1.807) is 0 Å². The zero-order chi connectivity index (χ0) is 15.8. The van der Waals surface area contributed by atoms with Crippen LogP contribution in [0.3, 0.4) is 0 Å². The molecule has 0 saturated carbocycles. The molecule has 2 fully saturated rings. The van der Waals surface area contributed by atoms with E-state index in [9.17, 15) is 23.1 Å². The number of primary amides is 1. The minimum atomic E-state index is -3.93. The van der Waals surface area contributed by atoms with Gasteiger partial charge in [0.15, 0.2) is 0 Å². The van der Waals surface area contributed by atoms with E-state index < -0.39 is 40.1 Å². The Bertz CT molecular complexity index is 528. The van der Waals surface area contributed by atoms with Gasteiger partial charge in [0, 0.05) is 26.1 Å². The number of aliphatic hydroxyl groups is 1. The number of aliphatic hydroxyl groups excluding tert-OH is 1. The van der Waals surface area contributed by atoms with Gasteiger partial charge >= 0.3 is 5.97 Å². The van der Waals surface area contributed by atoms with Crippen LogP contribution < -0.4 is 5.73 Å². The smallest absolute Gasteiger partial charge is 0.306 e. The Morgan fingerprint density at radius 3 is 2.24 bits per heavy atom. The number of carboxylic acids is 1. The first kappa shape index (κ1) is 16.1. The number of carbonyl (C=O) groups is 2. The Kier molecular flexibility index (Phi) is 4.51. The van der Waals surface area contributed by atoms with Gasteiger partial charge in [-0.15, -0.1) is 0 Å². The van der Waals surface area contributed by atoms with Crippen LogP contribution >= 0.6 is 0 Å². The molecule has 2 atom stereocenters. The van der Waals surface area contributed by atoms with Crippen LogP contribution in [0.5, 0.6) is 0 Å². The number of hydrogen-bond acceptors (Lipinski definition) is 5. The van der Waals surface area contributed by atoms with Gasteiger partial charge in [0.2, 0.25) is 5.91 Å². The maximum atomic E-state index is 12.5. The first-order valence-corrected chi connectivity index (χ1v) is 8.10. The number of nitrogens with two attached hydrogens (primary N) is 1. The van der Waals surface area contributed by atoms with Gasteiger partial charge in [0.25, 0.3) is 10.2 Å². The average Bonchev–Trinajstić information content (AvgIpc) is 2.82. The van der Waals surface area contributed by atoms with E-state index in [0.29, 0.717) is 0 Å². The molecule has 2 rings (SSSR count). The lowest BCUT2D eigenvalue weighted by atomic mass is 9.99. The molecule has 2 aliphatic rings. The third kappa shape index (κ3) is 3.18. The summed E-state index contributed by atoms with van der Waals surface area (Å²) in [6.45, 7) is -0.0104. The number of nitrogens with zero attached hydrogens (tertiary/aromatic N) is 2. The summed E-state index contributed by atoms with van der Waals surface area (Å²) in [7, 11) is -3.93. The molecular weight excluding hydrogens is 302 g/mol. The molecule has 2 saturated heterocycles. The summed E-state index contributed by atoms with van der Waals surface area (Å²) in [5.74, 6) is -2.28. The Balaban J connectivity index is 2.12. The summed E-state index contributed by atoms with van der Waals surface area (Å²) >= 11 is 0. The third-order valence-corrected chi connectivity index (χ3v) is 6.00. The molecule has 4 N–H and O–H groups in total. The number of carbonyl (C=O) groups excluding carboxylic acids is 1. The van der Waals surface area contributed by atoms with Crippen LogP contribution in [-0.4, -0.2) is 70.9 Å². The van der Waals surface area contributed by atoms with Gasteiger partial charge in [0.1, 0.15) is 6.04 Å². The lowest BCUT2D eigenvalue weighted by molar-refractivity contribution is -0.142. The molecule has 0 aromatic heterocycles. The minimum Gasteiger partial charge on any atom is -0.481 e. The molecule has 21 heavy (non-hydrogen) atoms. The van der Waals surface area contributed by atoms with Crippen molar-refractivity contribution in [1.82, 2.24) is 8.61 Å². The highest BCUT2D eigenvalue weighted by Gasteiger charge is 2.45. The molecular formula is C11H19N3O6S. The second-order valence-corrected chi connectivity index (χ2v) is 7.28. The fourth-order valence-electron chi connectivity index (χ4n) is 2.78. The SMILES string of the molecule is NC(=O)C1CC(O)CN1S(=O)(=O)N1CCC(C(=O)O)CC1. The van der Waals surface area contributed by atoms with Gasteiger partial charge in [-0.3, -0.25) is 9.59 Å². The van der Waals surface area contributed by atoms with Crippen molar-refractivity contribution in [2.24, 2.45) is 11.7 Å². The maximum absolute atomic E-state index is 12.5. The lowest BCUT2D eigenvalue weighted by Crippen LogP contribution is -2.52. The monoisotopic (exact) mass is 321 g/mol. The Morgan fingerprint density at radius 1 is 1.19 bits per heavy atom. The quantitative estimate of drug-likeness (QED) is 0.544. The Morgan fingerprint density at radius 2 is 1.76 bits per heavy atom. The molecule has 2 heterocycles. The van der Waals surface area contributed by atoms with Gasteiger partial charge in [-0.1, -0.05) is 0 Å². The molecule has 9 nitrogen and oxygen atoms in total. The second kappa shape index (κ2) is 5.87. The largest absolute Gasteiger partial charge is 0.481 e. The molecule has 0 aromatic carbocycles. The van der Waals surface area contributed by atoms with Crippen molar-refractivity contribution in [3.05, 3.63) is 0 Å². The zero-order valence-corrected chi connectivity index (χ0v) is 12.2. The van der Waals surface area contributed by atoms with E-state index in [4.69, 9.17) is 10.8 Å². The number of rotatable bonds is 4. The highest BCUT2D eigenvalue weighted by molar-refractivity contribution is 7.86. The van der Waals surface area contributed by atoms with Crippen molar-refractivity contribution in [1.29, 1.82) is 0 Å². The van der Waals surface area contributed by atoms with Crippen molar-refractivity contribution in [3.8, 4) is 0 Å². The van der Waals surface area contributed by atoms with Gasteiger partial charge in [0.05, 0.1) is 12.0 Å². The molecule has 0 radical (unpaired) electrons. The number of β-amino-alcohol motifs (C(OH)–C–C–N with tert-alkyl or cyclic N) is 1. The van der Waals surface area contributed by atoms with Crippen molar-refractivity contribution in [2.75, 3.05) is 19.6 Å². The fraction of sp³-hybridized carbons (Fsp3) is 0.818. The topological polar surface area (TPSA) is 141 Å². The zero-order valence-electron chi connectivity index (χ0n) is 11.4. The lowest BCUT2D eigenvalue weighted by Gasteiger charge is -2.33. The highest BCUT2D eigenvalue weighted by atomic mass is 32.2. The molecule has 2 aliphatic heterocycles. The van der Waals surface area contributed by atoms with Crippen LogP contribution in [0.2, 0.25) is 0 Å². The van der Waals surface area contributed by atoms with Crippen LogP contribution in [0.4, 0.5) is 0 Å². The first-order valence-electron chi connectivity index (χ1n) is 6.70. The maximum Gasteiger partial charge on any atom is 0.306 e. The molecule has 2 unspecified atom stereocenters. The number of piperidine rings is 1. The Labute approximate surface area is 122 Å². The van der Waals surface area contributed by atoms with Crippen LogP contribution in [0.1, 0.15) is 19.3 Å². The summed E-state index contributed by atoms with van der Waals surface area (Å²) < 4.78 is 27.1. The summed E-state index contributed by atoms with van der Waals surface area (Å²) in [5.41, 5.74) is 5.19. The van der Waals surface area contributed by atoms with Crippen LogP contribution in [0, 0.1) is 5.92 Å². The van der Waals surface area contributed by atoms with Crippen molar-refractivity contribution < 1.29 is 28.2 Å². The first-order chi connectivity index (χ1) is 9.73. The summed E-state index contributed by atoms with van der Waals surface area (Å²) in [5, 5.41) is 18.5. The number of amides is 1. The number of carboxylic acid groups (broad SMARTS) is 1. The number of hydrogen-bond donors (Lipinski definition) is 3. The molecule has 1 amide bonds. The number of aliphatic carboxylic acids is 1. The van der Waals surface area contributed by atoms with E-state index >= 15 is 0 Å². The summed E-state index contributed by atoms with van der Waals surface area (Å²) in [6, 6.07) is -1.05. The normalized spacial score (nSPS) is 29.6. The van der Waals surface area contributed by atoms with Crippen molar-refractivity contribution in [3.63, 3.8) is 0 Å². The van der Waals surface area contributed by atoms with Crippen LogP contribution in [0.25, 0.3) is 0 Å². The average molecular weight is 321 g/mol. The molecule has 0 spiro atoms. The molecule has 0 aromatic rings. The van der Waals surface area contributed by atoms with Crippen LogP contribution in [0.15, 0.2) is 0 Å². The predicted octanol–water partition coefficient (Wildman–Crippen LogP) is -2.05. The third-order valence-electron chi connectivity index (χ3n) is 3.99.